The average Bonchev–Trinajstić information content (AvgIpc) is 2.86. The number of alkyl halides is 6. The zero-order valence-corrected chi connectivity index (χ0v) is 22.1. The van der Waals surface area contributed by atoms with Crippen LogP contribution in [0.4, 0.5) is 26.3 Å². The zero-order valence-electron chi connectivity index (χ0n) is 22.1. The molecular formula is C29H34F6O4. The van der Waals surface area contributed by atoms with E-state index >= 15 is 13.2 Å². The second-order valence-electron chi connectivity index (χ2n) is 10.7. The van der Waals surface area contributed by atoms with Crippen molar-refractivity contribution in [3.05, 3.63) is 70.8 Å². The van der Waals surface area contributed by atoms with Gasteiger partial charge in [0.1, 0.15) is 0 Å². The summed E-state index contributed by atoms with van der Waals surface area (Å²) >= 11 is 0. The van der Waals surface area contributed by atoms with Crippen molar-refractivity contribution in [1.29, 1.82) is 0 Å². The number of rotatable bonds is 13. The van der Waals surface area contributed by atoms with E-state index < -0.39 is 28.9 Å². The van der Waals surface area contributed by atoms with Gasteiger partial charge in [0.25, 0.3) is 0 Å². The second-order valence-corrected chi connectivity index (χ2v) is 10.7. The van der Waals surface area contributed by atoms with Crippen LogP contribution in [0.2, 0.25) is 0 Å². The molecule has 0 aliphatic carbocycles. The Morgan fingerprint density at radius 1 is 0.667 bits per heavy atom. The summed E-state index contributed by atoms with van der Waals surface area (Å²) in [6, 6.07) is 9.96. The Bertz CT molecular complexity index is 1030. The molecule has 2 aliphatic rings. The molecular weight excluding hydrogens is 526 g/mol. The van der Waals surface area contributed by atoms with Crippen LogP contribution in [0.15, 0.2) is 48.5 Å². The normalized spacial score (nSPS) is 18.9. The first kappa shape index (κ1) is 29.8. The van der Waals surface area contributed by atoms with Crippen molar-refractivity contribution < 1.29 is 45.3 Å². The standard InChI is InChI=1S/C29H34F6O4/c1-3-25(17-38-18-25)15-36-13-21-9-5-7-11-23(21)27(30,28(31,32)29(33,34)35)24-12-8-6-10-22(24)14-37-16-26(4-2)19-39-20-26/h5-12H,3-4,13-20H2,1-2H3. The van der Waals surface area contributed by atoms with Crippen LogP contribution < -0.4 is 0 Å². The molecule has 10 heteroatoms. The third kappa shape index (κ3) is 5.58. The Balaban J connectivity index is 1.70. The van der Waals surface area contributed by atoms with Gasteiger partial charge in [-0.05, 0) is 24.0 Å². The Morgan fingerprint density at radius 3 is 1.36 bits per heavy atom. The molecule has 216 valence electrons. The summed E-state index contributed by atoms with van der Waals surface area (Å²) in [5, 5.41) is 0. The van der Waals surface area contributed by atoms with E-state index in [2.05, 4.69) is 0 Å². The highest BCUT2D eigenvalue weighted by atomic mass is 19.4. The molecule has 0 unspecified atom stereocenters. The lowest BCUT2D eigenvalue weighted by molar-refractivity contribution is -0.323. The van der Waals surface area contributed by atoms with Crippen molar-refractivity contribution in [1.82, 2.24) is 0 Å². The highest BCUT2D eigenvalue weighted by molar-refractivity contribution is 5.47. The maximum atomic E-state index is 17.0. The fraction of sp³-hybridized carbons (Fsp3) is 0.586. The lowest BCUT2D eigenvalue weighted by atomic mass is 9.78. The molecule has 0 radical (unpaired) electrons. The van der Waals surface area contributed by atoms with Crippen molar-refractivity contribution in [3.8, 4) is 0 Å². The summed E-state index contributed by atoms with van der Waals surface area (Å²) in [4.78, 5) is 0. The third-order valence-corrected chi connectivity index (χ3v) is 8.03. The summed E-state index contributed by atoms with van der Waals surface area (Å²) < 4.78 is 111. The maximum Gasteiger partial charge on any atom is 0.457 e. The quantitative estimate of drug-likeness (QED) is 0.248. The second kappa shape index (κ2) is 11.4. The van der Waals surface area contributed by atoms with Gasteiger partial charge in [-0.15, -0.1) is 0 Å². The summed E-state index contributed by atoms with van der Waals surface area (Å²) in [6.45, 7) is 5.49. The lowest BCUT2D eigenvalue weighted by Gasteiger charge is -2.41. The predicted octanol–water partition coefficient (Wildman–Crippen LogP) is 6.98. The molecule has 0 atom stereocenters. The predicted molar refractivity (Wildman–Crippen MR) is 132 cm³/mol. The molecule has 2 saturated heterocycles. The smallest absolute Gasteiger partial charge is 0.380 e. The molecule has 4 rings (SSSR count). The first-order valence-corrected chi connectivity index (χ1v) is 13.0. The monoisotopic (exact) mass is 560 g/mol. The Morgan fingerprint density at radius 2 is 1.05 bits per heavy atom. The summed E-state index contributed by atoms with van der Waals surface area (Å²) in [7, 11) is 0. The van der Waals surface area contributed by atoms with E-state index in [0.29, 0.717) is 26.4 Å². The van der Waals surface area contributed by atoms with Gasteiger partial charge in [-0.2, -0.15) is 22.0 Å². The topological polar surface area (TPSA) is 36.9 Å². The van der Waals surface area contributed by atoms with Crippen molar-refractivity contribution in [3.63, 3.8) is 0 Å². The lowest BCUT2D eigenvalue weighted by Crippen LogP contribution is -2.54. The average molecular weight is 561 g/mol. The van der Waals surface area contributed by atoms with Gasteiger partial charge in [-0.1, -0.05) is 62.4 Å². The molecule has 39 heavy (non-hydrogen) atoms. The maximum absolute atomic E-state index is 17.0. The minimum Gasteiger partial charge on any atom is -0.380 e. The van der Waals surface area contributed by atoms with Gasteiger partial charge in [-0.25, -0.2) is 4.39 Å². The van der Waals surface area contributed by atoms with Crippen molar-refractivity contribution in [2.45, 2.75) is 57.7 Å². The van der Waals surface area contributed by atoms with E-state index in [0.717, 1.165) is 25.0 Å². The van der Waals surface area contributed by atoms with Gasteiger partial charge in [0.15, 0.2) is 0 Å². The van der Waals surface area contributed by atoms with Crippen LogP contribution in [0.3, 0.4) is 0 Å². The zero-order chi connectivity index (χ0) is 28.4. The molecule has 0 bridgehead atoms. The molecule has 0 spiro atoms. The summed E-state index contributed by atoms with van der Waals surface area (Å²) in [6.07, 6.45) is -4.69. The Hall–Kier alpha value is -2.14. The van der Waals surface area contributed by atoms with Crippen LogP contribution in [0.1, 0.15) is 48.9 Å². The van der Waals surface area contributed by atoms with E-state index in [1.54, 1.807) is 0 Å². The molecule has 0 aromatic heterocycles. The van der Waals surface area contributed by atoms with Gasteiger partial charge in [0.05, 0.1) is 52.9 Å². The number of hydrogen-bond acceptors (Lipinski definition) is 4. The van der Waals surface area contributed by atoms with Crippen molar-refractivity contribution in [2.24, 2.45) is 10.8 Å². The Kier molecular flexibility index (Phi) is 8.71. The minimum atomic E-state index is -6.17. The molecule has 2 fully saturated rings. The van der Waals surface area contributed by atoms with Crippen LogP contribution in [-0.4, -0.2) is 51.7 Å². The van der Waals surface area contributed by atoms with E-state index in [1.807, 2.05) is 13.8 Å². The fourth-order valence-corrected chi connectivity index (χ4v) is 4.96. The SMILES string of the molecule is CCC1(COCc2ccccc2C(F)(c2ccccc2COCC2(CC)COC2)C(F)(F)C(F)(F)F)COC1. The molecule has 0 N–H and O–H groups in total. The third-order valence-electron chi connectivity index (χ3n) is 8.03. The van der Waals surface area contributed by atoms with Gasteiger partial charge < -0.3 is 18.9 Å². The number of benzene rings is 2. The van der Waals surface area contributed by atoms with E-state index in [4.69, 9.17) is 18.9 Å². The molecule has 0 saturated carbocycles. The van der Waals surface area contributed by atoms with Crippen LogP contribution in [0.5, 0.6) is 0 Å². The first-order chi connectivity index (χ1) is 18.4. The van der Waals surface area contributed by atoms with Crippen LogP contribution >= 0.6 is 0 Å². The van der Waals surface area contributed by atoms with E-state index in [-0.39, 0.29) is 48.4 Å². The Labute approximate surface area is 224 Å². The van der Waals surface area contributed by atoms with E-state index in [9.17, 15) is 13.2 Å². The number of hydrogen-bond donors (Lipinski definition) is 0. The van der Waals surface area contributed by atoms with Gasteiger partial charge in [0.2, 0.25) is 5.67 Å². The highest BCUT2D eigenvalue weighted by Crippen LogP contribution is 2.56. The molecule has 2 aliphatic heterocycles. The van der Waals surface area contributed by atoms with Crippen LogP contribution in [-0.2, 0) is 37.8 Å². The minimum absolute atomic E-state index is 0.0947. The van der Waals surface area contributed by atoms with Gasteiger partial charge in [-0.3, -0.25) is 0 Å². The van der Waals surface area contributed by atoms with Gasteiger partial charge in [0, 0.05) is 22.0 Å². The van der Waals surface area contributed by atoms with Crippen LogP contribution in [0.25, 0.3) is 0 Å². The van der Waals surface area contributed by atoms with Crippen LogP contribution in [0, 0.1) is 10.8 Å². The summed E-state index contributed by atoms with van der Waals surface area (Å²) in [5.74, 6) is -5.76. The number of halogens is 6. The first-order valence-electron chi connectivity index (χ1n) is 13.0. The van der Waals surface area contributed by atoms with Crippen molar-refractivity contribution in [2.75, 3.05) is 39.6 Å². The molecule has 0 amide bonds. The molecule has 2 aromatic rings. The van der Waals surface area contributed by atoms with Gasteiger partial charge >= 0.3 is 12.1 Å². The highest BCUT2D eigenvalue weighted by Gasteiger charge is 2.73. The fourth-order valence-electron chi connectivity index (χ4n) is 4.96. The molecule has 2 aromatic carbocycles. The van der Waals surface area contributed by atoms with Crippen molar-refractivity contribution >= 4 is 0 Å². The number of ether oxygens (including phenoxy) is 4. The largest absolute Gasteiger partial charge is 0.457 e. The van der Waals surface area contributed by atoms with E-state index in [1.165, 1.54) is 36.4 Å². The molecule has 2 heterocycles. The molecule has 4 nitrogen and oxygen atoms in total. The summed E-state index contributed by atoms with van der Waals surface area (Å²) in [5.41, 5.74) is -6.52.